The van der Waals surface area contributed by atoms with Crippen molar-refractivity contribution in [2.75, 3.05) is 0 Å². The van der Waals surface area contributed by atoms with Gasteiger partial charge in [-0.05, 0) is 33.8 Å². The van der Waals surface area contributed by atoms with Crippen LogP contribution in [0.15, 0.2) is 46.0 Å². The van der Waals surface area contributed by atoms with Crippen molar-refractivity contribution in [3.8, 4) is 11.3 Å². The fourth-order valence-corrected chi connectivity index (χ4v) is 3.27. The fourth-order valence-electron chi connectivity index (χ4n) is 1.96. The van der Waals surface area contributed by atoms with E-state index in [0.29, 0.717) is 13.0 Å². The molecular formula is C15H13N3OS2. The molecule has 21 heavy (non-hydrogen) atoms. The molecular weight excluding hydrogens is 302 g/mol. The lowest BCUT2D eigenvalue weighted by Gasteiger charge is -2.07. The number of thiophene rings is 2. The monoisotopic (exact) mass is 315 g/mol. The Morgan fingerprint density at radius 1 is 1.10 bits per heavy atom. The molecule has 0 saturated carbocycles. The van der Waals surface area contributed by atoms with Gasteiger partial charge in [-0.1, -0.05) is 0 Å². The summed E-state index contributed by atoms with van der Waals surface area (Å²) < 4.78 is 0. The summed E-state index contributed by atoms with van der Waals surface area (Å²) in [5, 5.41) is 10.9. The molecule has 3 heterocycles. The molecule has 3 aromatic rings. The summed E-state index contributed by atoms with van der Waals surface area (Å²) in [6.45, 7) is 0.391. The van der Waals surface area contributed by atoms with Crippen LogP contribution in [0.4, 0.5) is 0 Å². The molecule has 4 nitrogen and oxygen atoms in total. The van der Waals surface area contributed by atoms with Crippen molar-refractivity contribution < 1.29 is 4.79 Å². The number of nitrogens with zero attached hydrogens (tertiary/aromatic N) is 2. The van der Waals surface area contributed by atoms with E-state index in [4.69, 9.17) is 0 Å². The van der Waals surface area contributed by atoms with Crippen molar-refractivity contribution in [1.29, 1.82) is 0 Å². The minimum absolute atomic E-state index is 0.00433. The highest BCUT2D eigenvalue weighted by Crippen LogP contribution is 2.22. The lowest BCUT2D eigenvalue weighted by atomic mass is 10.2. The number of aromatic nitrogens is 2. The van der Waals surface area contributed by atoms with E-state index in [2.05, 4.69) is 15.3 Å². The van der Waals surface area contributed by atoms with E-state index in [-0.39, 0.29) is 5.91 Å². The highest BCUT2D eigenvalue weighted by atomic mass is 32.1. The van der Waals surface area contributed by atoms with Gasteiger partial charge in [-0.25, -0.2) is 0 Å². The van der Waals surface area contributed by atoms with E-state index in [0.717, 1.165) is 22.5 Å². The molecule has 0 bridgehead atoms. The molecule has 0 fully saturated rings. The second kappa shape index (κ2) is 6.60. The van der Waals surface area contributed by atoms with Gasteiger partial charge in [-0.2, -0.15) is 22.7 Å². The van der Waals surface area contributed by atoms with Crippen LogP contribution in [0.1, 0.15) is 11.3 Å². The van der Waals surface area contributed by atoms with Gasteiger partial charge in [0.2, 0.25) is 5.91 Å². The van der Waals surface area contributed by atoms with Crippen LogP contribution in [0.2, 0.25) is 0 Å². The molecule has 0 aliphatic rings. The first-order valence-corrected chi connectivity index (χ1v) is 8.32. The van der Waals surface area contributed by atoms with Gasteiger partial charge >= 0.3 is 0 Å². The number of rotatable bonds is 5. The molecule has 0 saturated heterocycles. The quantitative estimate of drug-likeness (QED) is 0.787. The Bertz CT molecular complexity index is 708. The third kappa shape index (κ3) is 3.53. The summed E-state index contributed by atoms with van der Waals surface area (Å²) in [4.78, 5) is 20.6. The molecule has 0 atom stereocenters. The van der Waals surface area contributed by atoms with E-state index in [1.807, 2.05) is 33.7 Å². The predicted octanol–water partition coefficient (Wildman–Crippen LogP) is 3.13. The van der Waals surface area contributed by atoms with Gasteiger partial charge in [0.1, 0.15) is 0 Å². The van der Waals surface area contributed by atoms with Crippen molar-refractivity contribution in [3.05, 3.63) is 57.3 Å². The SMILES string of the molecule is O=C(Cc1ccsc1)NCc1nccnc1-c1ccsc1. The third-order valence-electron chi connectivity index (χ3n) is 2.97. The van der Waals surface area contributed by atoms with E-state index in [9.17, 15) is 4.79 Å². The van der Waals surface area contributed by atoms with Crippen LogP contribution in [-0.4, -0.2) is 15.9 Å². The molecule has 0 aromatic carbocycles. The van der Waals surface area contributed by atoms with Gasteiger partial charge in [0, 0.05) is 23.3 Å². The van der Waals surface area contributed by atoms with Gasteiger partial charge in [0.25, 0.3) is 0 Å². The summed E-state index contributed by atoms with van der Waals surface area (Å²) in [6, 6.07) is 3.97. The van der Waals surface area contributed by atoms with Crippen LogP contribution in [0.3, 0.4) is 0 Å². The lowest BCUT2D eigenvalue weighted by Crippen LogP contribution is -2.25. The summed E-state index contributed by atoms with van der Waals surface area (Å²) in [5.74, 6) is -0.00433. The molecule has 1 N–H and O–H groups in total. The molecule has 3 aromatic heterocycles. The Morgan fingerprint density at radius 2 is 1.90 bits per heavy atom. The smallest absolute Gasteiger partial charge is 0.224 e. The van der Waals surface area contributed by atoms with Crippen molar-refractivity contribution in [2.45, 2.75) is 13.0 Å². The first-order valence-electron chi connectivity index (χ1n) is 6.43. The maximum absolute atomic E-state index is 11.9. The molecule has 6 heteroatoms. The first kappa shape index (κ1) is 13.9. The molecule has 1 amide bonds. The number of hydrogen-bond donors (Lipinski definition) is 1. The number of carbonyl (C=O) groups is 1. The van der Waals surface area contributed by atoms with Gasteiger partial charge in [0.05, 0.1) is 24.4 Å². The summed E-state index contributed by atoms with van der Waals surface area (Å²) in [7, 11) is 0. The van der Waals surface area contributed by atoms with E-state index in [1.54, 1.807) is 35.1 Å². The zero-order valence-corrected chi connectivity index (χ0v) is 12.8. The van der Waals surface area contributed by atoms with Crippen LogP contribution < -0.4 is 5.32 Å². The molecule has 0 spiro atoms. The highest BCUT2D eigenvalue weighted by molar-refractivity contribution is 7.08. The lowest BCUT2D eigenvalue weighted by molar-refractivity contribution is -0.120. The molecule has 0 aliphatic carbocycles. The third-order valence-corrected chi connectivity index (χ3v) is 4.38. The Morgan fingerprint density at radius 3 is 2.67 bits per heavy atom. The molecule has 106 valence electrons. The Balaban J connectivity index is 1.67. The standard InChI is InChI=1S/C15H13N3OS2/c19-14(7-11-1-5-20-9-11)18-8-13-15(17-4-3-16-13)12-2-6-21-10-12/h1-6,9-10H,7-8H2,(H,18,19). The first-order chi connectivity index (χ1) is 10.3. The molecule has 3 rings (SSSR count). The van der Waals surface area contributed by atoms with Crippen molar-refractivity contribution >= 4 is 28.6 Å². The second-order valence-corrected chi connectivity index (χ2v) is 6.01. The van der Waals surface area contributed by atoms with E-state index >= 15 is 0 Å². The van der Waals surface area contributed by atoms with Crippen molar-refractivity contribution in [1.82, 2.24) is 15.3 Å². The fraction of sp³-hybridized carbons (Fsp3) is 0.133. The number of amides is 1. The van der Waals surface area contributed by atoms with Crippen molar-refractivity contribution in [2.24, 2.45) is 0 Å². The minimum atomic E-state index is -0.00433. The summed E-state index contributed by atoms with van der Waals surface area (Å²) >= 11 is 3.21. The number of nitrogens with one attached hydrogen (secondary N) is 1. The van der Waals surface area contributed by atoms with Crippen LogP contribution in [0, 0.1) is 0 Å². The normalized spacial score (nSPS) is 10.5. The Kier molecular flexibility index (Phi) is 4.37. The van der Waals surface area contributed by atoms with Gasteiger partial charge in [-0.3, -0.25) is 14.8 Å². The van der Waals surface area contributed by atoms with Crippen molar-refractivity contribution in [3.63, 3.8) is 0 Å². The van der Waals surface area contributed by atoms with Gasteiger partial charge in [-0.15, -0.1) is 0 Å². The maximum atomic E-state index is 11.9. The summed E-state index contributed by atoms with van der Waals surface area (Å²) in [5.41, 5.74) is 3.69. The Hall–Kier alpha value is -2.05. The number of hydrogen-bond acceptors (Lipinski definition) is 5. The van der Waals surface area contributed by atoms with Crippen LogP contribution in [0.25, 0.3) is 11.3 Å². The van der Waals surface area contributed by atoms with Crippen LogP contribution in [-0.2, 0) is 17.8 Å². The minimum Gasteiger partial charge on any atom is -0.350 e. The predicted molar refractivity (Wildman–Crippen MR) is 85.2 cm³/mol. The average Bonchev–Trinajstić information content (AvgIpc) is 3.18. The van der Waals surface area contributed by atoms with Gasteiger partial charge < -0.3 is 5.32 Å². The zero-order valence-electron chi connectivity index (χ0n) is 11.2. The molecule has 0 radical (unpaired) electrons. The highest BCUT2D eigenvalue weighted by Gasteiger charge is 2.10. The van der Waals surface area contributed by atoms with E-state index in [1.165, 1.54) is 0 Å². The number of carbonyl (C=O) groups excluding carboxylic acids is 1. The summed E-state index contributed by atoms with van der Waals surface area (Å²) in [6.07, 6.45) is 3.72. The topological polar surface area (TPSA) is 54.9 Å². The molecule has 0 unspecified atom stereocenters. The van der Waals surface area contributed by atoms with E-state index < -0.39 is 0 Å². The Labute approximate surface area is 130 Å². The largest absolute Gasteiger partial charge is 0.350 e. The zero-order chi connectivity index (χ0) is 14.5. The maximum Gasteiger partial charge on any atom is 0.224 e. The van der Waals surface area contributed by atoms with Crippen LogP contribution in [0.5, 0.6) is 0 Å². The van der Waals surface area contributed by atoms with Crippen LogP contribution >= 0.6 is 22.7 Å². The second-order valence-electron chi connectivity index (χ2n) is 4.45. The molecule has 0 aliphatic heterocycles. The van der Waals surface area contributed by atoms with Gasteiger partial charge in [0.15, 0.2) is 0 Å². The average molecular weight is 315 g/mol.